The van der Waals surface area contributed by atoms with Gasteiger partial charge in [-0.15, -0.1) is 0 Å². The van der Waals surface area contributed by atoms with E-state index >= 15 is 0 Å². The Labute approximate surface area is 121 Å². The fourth-order valence-electron chi connectivity index (χ4n) is 2.46. The third-order valence-electron chi connectivity index (χ3n) is 3.37. The topological polar surface area (TPSA) is 43.8 Å². The maximum Gasteiger partial charge on any atom is 0.147 e. The van der Waals surface area contributed by atoms with Crippen molar-refractivity contribution in [3.05, 3.63) is 53.9 Å². The first-order valence-electron chi connectivity index (χ1n) is 6.82. The van der Waals surface area contributed by atoms with E-state index in [-0.39, 0.29) is 5.69 Å². The monoisotopic (exact) mass is 287 g/mol. The number of aromatic nitrogens is 2. The fraction of sp³-hybridized carbons (Fsp3) is 0.188. The molecule has 1 aromatic heterocycles. The van der Waals surface area contributed by atoms with Gasteiger partial charge in [0, 0.05) is 18.2 Å². The van der Waals surface area contributed by atoms with Crippen molar-refractivity contribution in [3.63, 3.8) is 0 Å². The highest BCUT2D eigenvalue weighted by Crippen LogP contribution is 2.26. The van der Waals surface area contributed by atoms with E-state index in [4.69, 9.17) is 5.73 Å². The Bertz CT molecular complexity index is 809. The Morgan fingerprint density at radius 2 is 1.95 bits per heavy atom. The molecule has 3 aromatic rings. The maximum atomic E-state index is 14.1. The molecule has 0 aliphatic carbocycles. The molecule has 0 spiro atoms. The molecule has 0 bridgehead atoms. The van der Waals surface area contributed by atoms with Crippen molar-refractivity contribution in [2.45, 2.75) is 19.8 Å². The van der Waals surface area contributed by atoms with Crippen LogP contribution < -0.4 is 5.73 Å². The van der Waals surface area contributed by atoms with E-state index in [1.165, 1.54) is 6.07 Å². The van der Waals surface area contributed by atoms with E-state index in [0.717, 1.165) is 24.1 Å². The van der Waals surface area contributed by atoms with Crippen LogP contribution >= 0.6 is 0 Å². The summed E-state index contributed by atoms with van der Waals surface area (Å²) in [6.45, 7) is 2.01. The number of rotatable bonds is 3. The molecule has 0 aliphatic heterocycles. The van der Waals surface area contributed by atoms with Crippen LogP contribution in [0.15, 0.2) is 36.4 Å². The number of nitrogens with zero attached hydrogens (tertiary/aromatic N) is 2. The molecular weight excluding hydrogens is 272 g/mol. The van der Waals surface area contributed by atoms with Gasteiger partial charge in [0.05, 0.1) is 16.7 Å². The average molecular weight is 287 g/mol. The maximum absolute atomic E-state index is 14.1. The second-order valence-corrected chi connectivity index (χ2v) is 4.96. The predicted octanol–water partition coefficient (Wildman–Crippen LogP) is 3.84. The zero-order valence-corrected chi connectivity index (χ0v) is 11.6. The third-order valence-corrected chi connectivity index (χ3v) is 3.37. The van der Waals surface area contributed by atoms with Gasteiger partial charge in [0.15, 0.2) is 0 Å². The summed E-state index contributed by atoms with van der Waals surface area (Å²) >= 11 is 0. The van der Waals surface area contributed by atoms with Crippen LogP contribution in [0, 0.1) is 11.6 Å². The number of imidazole rings is 1. The molecule has 5 heteroatoms. The van der Waals surface area contributed by atoms with E-state index < -0.39 is 11.6 Å². The molecule has 0 fully saturated rings. The quantitative estimate of drug-likeness (QED) is 0.744. The first-order valence-corrected chi connectivity index (χ1v) is 6.82. The number of hydrogen-bond donors (Lipinski definition) is 1. The van der Waals surface area contributed by atoms with Crippen LogP contribution in [0.5, 0.6) is 0 Å². The van der Waals surface area contributed by atoms with Gasteiger partial charge in [0.25, 0.3) is 0 Å². The van der Waals surface area contributed by atoms with Gasteiger partial charge < -0.3 is 5.73 Å². The van der Waals surface area contributed by atoms with Crippen LogP contribution in [0.3, 0.4) is 0 Å². The number of aryl methyl sites for hydroxylation is 1. The predicted molar refractivity (Wildman–Crippen MR) is 79.4 cm³/mol. The number of nitrogens with two attached hydrogens (primary N) is 1. The average Bonchev–Trinajstić information content (AvgIpc) is 2.79. The molecule has 108 valence electrons. The van der Waals surface area contributed by atoms with Crippen molar-refractivity contribution in [1.29, 1.82) is 0 Å². The van der Waals surface area contributed by atoms with Crippen molar-refractivity contribution < 1.29 is 8.78 Å². The summed E-state index contributed by atoms with van der Waals surface area (Å²) in [6.07, 6.45) is 1.53. The molecule has 0 unspecified atom stereocenters. The summed E-state index contributed by atoms with van der Waals surface area (Å²) in [5, 5.41) is 0. The van der Waals surface area contributed by atoms with E-state index in [1.807, 2.05) is 6.92 Å². The van der Waals surface area contributed by atoms with E-state index in [2.05, 4.69) is 4.98 Å². The molecule has 1 heterocycles. The summed E-state index contributed by atoms with van der Waals surface area (Å²) in [5.41, 5.74) is 7.93. The van der Waals surface area contributed by atoms with Crippen molar-refractivity contribution in [1.82, 2.24) is 9.55 Å². The Balaban J connectivity index is 2.33. The first-order chi connectivity index (χ1) is 10.1. The lowest BCUT2D eigenvalue weighted by Gasteiger charge is -2.10. The smallest absolute Gasteiger partial charge is 0.147 e. The van der Waals surface area contributed by atoms with Gasteiger partial charge in [0.1, 0.15) is 17.5 Å². The molecule has 2 aromatic carbocycles. The van der Waals surface area contributed by atoms with E-state index in [9.17, 15) is 8.78 Å². The van der Waals surface area contributed by atoms with Gasteiger partial charge >= 0.3 is 0 Å². The first kappa shape index (κ1) is 13.5. The van der Waals surface area contributed by atoms with E-state index in [1.54, 1.807) is 22.8 Å². The second kappa shape index (κ2) is 5.16. The zero-order valence-electron chi connectivity index (χ0n) is 11.6. The number of halogens is 2. The van der Waals surface area contributed by atoms with Crippen molar-refractivity contribution in [2.75, 3.05) is 5.73 Å². The fourth-order valence-corrected chi connectivity index (χ4v) is 2.46. The molecule has 3 rings (SSSR count). The van der Waals surface area contributed by atoms with Gasteiger partial charge in [-0.3, -0.25) is 4.57 Å². The SMILES string of the molecule is CCCc1nc2cc(N)ccc2n1-c1cc(F)ccc1F. The van der Waals surface area contributed by atoms with Crippen LogP contribution in [-0.2, 0) is 6.42 Å². The molecule has 0 radical (unpaired) electrons. The number of nitrogen functional groups attached to an aromatic ring is 1. The van der Waals surface area contributed by atoms with E-state index in [0.29, 0.717) is 23.4 Å². The molecule has 2 N–H and O–H groups in total. The Hall–Kier alpha value is -2.43. The van der Waals surface area contributed by atoms with Gasteiger partial charge in [-0.05, 0) is 36.8 Å². The largest absolute Gasteiger partial charge is 0.399 e. The number of hydrogen-bond acceptors (Lipinski definition) is 2. The minimum Gasteiger partial charge on any atom is -0.399 e. The lowest BCUT2D eigenvalue weighted by molar-refractivity contribution is 0.591. The second-order valence-electron chi connectivity index (χ2n) is 4.96. The highest BCUT2D eigenvalue weighted by molar-refractivity contribution is 5.81. The molecule has 0 amide bonds. The van der Waals surface area contributed by atoms with Crippen LogP contribution in [0.25, 0.3) is 16.7 Å². The molecule has 21 heavy (non-hydrogen) atoms. The zero-order chi connectivity index (χ0) is 15.0. The van der Waals surface area contributed by atoms with Crippen LogP contribution in [0.2, 0.25) is 0 Å². The number of anilines is 1. The lowest BCUT2D eigenvalue weighted by atomic mass is 10.2. The summed E-state index contributed by atoms with van der Waals surface area (Å²) in [4.78, 5) is 4.50. The lowest BCUT2D eigenvalue weighted by Crippen LogP contribution is -2.04. The van der Waals surface area contributed by atoms with Crippen molar-refractivity contribution in [3.8, 4) is 5.69 Å². The third kappa shape index (κ3) is 2.35. The molecule has 0 atom stereocenters. The minimum absolute atomic E-state index is 0.172. The highest BCUT2D eigenvalue weighted by Gasteiger charge is 2.15. The standard InChI is InChI=1S/C16H15F2N3/c1-2-3-16-20-13-9-11(19)5-7-14(13)21(16)15-8-10(17)4-6-12(15)18/h4-9H,2-3,19H2,1H3. The Morgan fingerprint density at radius 1 is 1.14 bits per heavy atom. The molecule has 3 nitrogen and oxygen atoms in total. The molecule has 0 aliphatic rings. The van der Waals surface area contributed by atoms with Crippen LogP contribution in [0.4, 0.5) is 14.5 Å². The van der Waals surface area contributed by atoms with Crippen molar-refractivity contribution in [2.24, 2.45) is 0 Å². The van der Waals surface area contributed by atoms with Gasteiger partial charge in [-0.1, -0.05) is 6.92 Å². The van der Waals surface area contributed by atoms with Crippen LogP contribution in [0.1, 0.15) is 19.2 Å². The number of benzene rings is 2. The summed E-state index contributed by atoms with van der Waals surface area (Å²) < 4.78 is 29.3. The van der Waals surface area contributed by atoms with Crippen molar-refractivity contribution >= 4 is 16.7 Å². The van der Waals surface area contributed by atoms with Crippen LogP contribution in [-0.4, -0.2) is 9.55 Å². The molecular formula is C16H15F2N3. The minimum atomic E-state index is -0.482. The van der Waals surface area contributed by atoms with Gasteiger partial charge in [0.2, 0.25) is 0 Å². The Kier molecular flexibility index (Phi) is 3.33. The molecule has 0 saturated heterocycles. The van der Waals surface area contributed by atoms with Gasteiger partial charge in [-0.25, -0.2) is 13.8 Å². The summed E-state index contributed by atoms with van der Waals surface area (Å²) in [6, 6.07) is 8.67. The normalized spacial score (nSPS) is 11.2. The molecule has 0 saturated carbocycles. The summed E-state index contributed by atoms with van der Waals surface area (Å²) in [7, 11) is 0. The van der Waals surface area contributed by atoms with Gasteiger partial charge in [-0.2, -0.15) is 0 Å². The number of fused-ring (bicyclic) bond motifs is 1. The Morgan fingerprint density at radius 3 is 2.71 bits per heavy atom. The highest BCUT2D eigenvalue weighted by atomic mass is 19.1. The summed E-state index contributed by atoms with van der Waals surface area (Å²) in [5.74, 6) is -0.265.